The van der Waals surface area contributed by atoms with E-state index in [1.807, 2.05) is 0 Å². The number of aliphatic hydroxyl groups excluding tert-OH is 1. The SMILES string of the molecule is CCCCCCCCCCCCCCCCCCCCCCCCC(=O)O[C@H](COC(=O)CCCCCCCCCCCCCCCCCCCCC)COP(=O)(O)OC[C@@H](O)COP(=O)(O)OC[C@@H](COC(=O)CCCCCCCCCCC(C)C)OC(=O)CCCCCCCCCCCCCCCCC(C)C. The fourth-order valence-corrected chi connectivity index (χ4v) is 15.7. The summed E-state index contributed by atoms with van der Waals surface area (Å²) in [6.07, 6.45) is 75.2. The van der Waals surface area contributed by atoms with Crippen molar-refractivity contribution < 1.29 is 80.2 Å². The number of unbranched alkanes of at least 4 members (excludes halogenated alkanes) is 59. The van der Waals surface area contributed by atoms with Crippen molar-refractivity contribution in [2.45, 2.75) is 503 Å². The summed E-state index contributed by atoms with van der Waals surface area (Å²) < 4.78 is 69.0. The van der Waals surface area contributed by atoms with Crippen molar-refractivity contribution >= 4 is 39.5 Å². The van der Waals surface area contributed by atoms with Gasteiger partial charge in [-0.15, -0.1) is 0 Å². The molecule has 0 rings (SSSR count). The minimum Gasteiger partial charge on any atom is -0.462 e. The number of esters is 4. The highest BCUT2D eigenvalue weighted by Gasteiger charge is 2.31. The van der Waals surface area contributed by atoms with Crippen molar-refractivity contribution in [3.63, 3.8) is 0 Å². The Hall–Kier alpha value is -1.94. The normalized spacial score (nSPS) is 13.8. The van der Waals surface area contributed by atoms with E-state index in [1.54, 1.807) is 0 Å². The van der Waals surface area contributed by atoms with Crippen LogP contribution in [0.2, 0.25) is 0 Å². The van der Waals surface area contributed by atoms with Crippen molar-refractivity contribution in [3.8, 4) is 0 Å². The Kier molecular flexibility index (Phi) is 79.8. The predicted octanol–water partition coefficient (Wildman–Crippen LogP) is 27.8. The van der Waals surface area contributed by atoms with Gasteiger partial charge in [-0.1, -0.05) is 433 Å². The van der Waals surface area contributed by atoms with Gasteiger partial charge in [-0.2, -0.15) is 0 Å². The van der Waals surface area contributed by atoms with Gasteiger partial charge < -0.3 is 33.8 Å². The Morgan fingerprint density at radius 3 is 0.624 bits per heavy atom. The summed E-state index contributed by atoms with van der Waals surface area (Å²) in [6, 6.07) is 0. The zero-order valence-corrected chi connectivity index (χ0v) is 73.7. The molecule has 0 amide bonds. The number of hydrogen-bond acceptors (Lipinski definition) is 15. The van der Waals surface area contributed by atoms with E-state index in [2.05, 4.69) is 41.5 Å². The first-order valence-corrected chi connectivity index (χ1v) is 49.5. The van der Waals surface area contributed by atoms with Gasteiger partial charge in [0.2, 0.25) is 0 Å². The molecule has 0 aliphatic heterocycles. The monoisotopic (exact) mass is 1590 g/mol. The molecule has 0 saturated heterocycles. The van der Waals surface area contributed by atoms with Crippen LogP contribution in [-0.4, -0.2) is 96.7 Å². The number of phosphoric acid groups is 2. The smallest absolute Gasteiger partial charge is 0.462 e. The summed E-state index contributed by atoms with van der Waals surface area (Å²) in [7, 11) is -9.93. The molecule has 0 aromatic rings. The van der Waals surface area contributed by atoms with E-state index >= 15 is 0 Å². The third-order valence-electron chi connectivity index (χ3n) is 21.2. The Bertz CT molecular complexity index is 2080. The molecule has 648 valence electrons. The lowest BCUT2D eigenvalue weighted by molar-refractivity contribution is -0.161. The fraction of sp³-hybridized carbons (Fsp3) is 0.956. The van der Waals surface area contributed by atoms with Crippen LogP contribution in [0.25, 0.3) is 0 Å². The van der Waals surface area contributed by atoms with Crippen molar-refractivity contribution in [1.29, 1.82) is 0 Å². The van der Waals surface area contributed by atoms with E-state index in [-0.39, 0.29) is 25.7 Å². The van der Waals surface area contributed by atoms with Gasteiger partial charge in [0.05, 0.1) is 26.4 Å². The van der Waals surface area contributed by atoms with Crippen LogP contribution in [-0.2, 0) is 65.4 Å². The molecule has 0 bridgehead atoms. The van der Waals surface area contributed by atoms with E-state index in [0.717, 1.165) is 102 Å². The van der Waals surface area contributed by atoms with Crippen LogP contribution in [0.4, 0.5) is 0 Å². The Morgan fingerprint density at radius 2 is 0.422 bits per heavy atom. The number of phosphoric ester groups is 2. The topological polar surface area (TPSA) is 237 Å². The van der Waals surface area contributed by atoms with E-state index < -0.39 is 97.5 Å². The number of aliphatic hydroxyl groups is 1. The molecule has 0 fully saturated rings. The molecule has 19 heteroatoms. The fourth-order valence-electron chi connectivity index (χ4n) is 14.1. The van der Waals surface area contributed by atoms with Gasteiger partial charge in [-0.3, -0.25) is 37.3 Å². The minimum atomic E-state index is -4.97. The van der Waals surface area contributed by atoms with Gasteiger partial charge >= 0.3 is 39.5 Å². The summed E-state index contributed by atoms with van der Waals surface area (Å²) in [5.41, 5.74) is 0. The van der Waals surface area contributed by atoms with Crippen LogP contribution < -0.4 is 0 Å². The highest BCUT2D eigenvalue weighted by atomic mass is 31.2. The van der Waals surface area contributed by atoms with Crippen molar-refractivity contribution in [3.05, 3.63) is 0 Å². The van der Waals surface area contributed by atoms with E-state index in [0.29, 0.717) is 25.7 Å². The van der Waals surface area contributed by atoms with Crippen molar-refractivity contribution in [2.24, 2.45) is 11.8 Å². The summed E-state index contributed by atoms with van der Waals surface area (Å²) in [4.78, 5) is 73.4. The molecular weight excluding hydrogens is 1410 g/mol. The highest BCUT2D eigenvalue weighted by molar-refractivity contribution is 7.47. The van der Waals surface area contributed by atoms with Gasteiger partial charge in [0.25, 0.3) is 0 Å². The molecule has 3 N–H and O–H groups in total. The predicted molar refractivity (Wildman–Crippen MR) is 451 cm³/mol. The maximum atomic E-state index is 13.2. The molecule has 0 aromatic carbocycles. The second-order valence-electron chi connectivity index (χ2n) is 33.3. The summed E-state index contributed by atoms with van der Waals surface area (Å²) >= 11 is 0. The molecule has 0 radical (unpaired) electrons. The molecule has 109 heavy (non-hydrogen) atoms. The number of hydrogen-bond donors (Lipinski definition) is 3. The molecule has 2 unspecified atom stereocenters. The van der Waals surface area contributed by atoms with Gasteiger partial charge in [-0.05, 0) is 37.5 Å². The molecule has 0 aromatic heterocycles. The lowest BCUT2D eigenvalue weighted by Crippen LogP contribution is -2.30. The Morgan fingerprint density at radius 1 is 0.248 bits per heavy atom. The summed E-state index contributed by atoms with van der Waals surface area (Å²) in [6.45, 7) is 9.68. The molecule has 0 saturated carbocycles. The maximum absolute atomic E-state index is 13.2. The first kappa shape index (κ1) is 107. The van der Waals surface area contributed by atoms with Crippen LogP contribution in [0.1, 0.15) is 485 Å². The second kappa shape index (κ2) is 81.2. The van der Waals surface area contributed by atoms with Crippen LogP contribution in [0.5, 0.6) is 0 Å². The van der Waals surface area contributed by atoms with Crippen molar-refractivity contribution in [2.75, 3.05) is 39.6 Å². The average molecular weight is 1590 g/mol. The maximum Gasteiger partial charge on any atom is 0.472 e. The third-order valence-corrected chi connectivity index (χ3v) is 23.1. The van der Waals surface area contributed by atoms with Crippen LogP contribution in [0, 0.1) is 11.8 Å². The third kappa shape index (κ3) is 83.8. The standard InChI is InChI=1S/C90H176O17P2/c1-7-9-11-13-15-17-19-21-23-25-27-28-29-31-33-35-40-44-48-56-62-68-74-89(94)106-85(78-100-87(92)72-66-60-54-47-43-39-34-32-30-26-24-22-20-18-16-14-12-10-8-2)80-104-108(96,97)102-76-84(91)77-103-109(98,99)105-81-86(79-101-88(93)73-67-61-55-51-50-53-59-65-71-83(5)6)107-90(95)75-69-63-57-49-45-41-37-36-38-42-46-52-58-64-70-82(3)4/h82-86,91H,7-81H2,1-6H3,(H,96,97)(H,98,99)/t84-,85-,86-/m1/s1. The molecule has 0 heterocycles. The quantitative estimate of drug-likeness (QED) is 0.0222. The molecule has 0 spiro atoms. The van der Waals surface area contributed by atoms with Crippen LogP contribution in [0.15, 0.2) is 0 Å². The second-order valence-corrected chi connectivity index (χ2v) is 36.2. The molecule has 0 aliphatic rings. The van der Waals surface area contributed by atoms with Gasteiger partial charge in [0, 0.05) is 25.7 Å². The van der Waals surface area contributed by atoms with E-state index in [1.165, 1.54) is 302 Å². The zero-order chi connectivity index (χ0) is 79.9. The molecular formula is C90H176O17P2. The number of carbonyl (C=O) groups is 4. The number of rotatable bonds is 89. The lowest BCUT2D eigenvalue weighted by Gasteiger charge is -2.21. The van der Waals surface area contributed by atoms with E-state index in [9.17, 15) is 43.2 Å². The first-order valence-electron chi connectivity index (χ1n) is 46.5. The Balaban J connectivity index is 5.23. The summed E-state index contributed by atoms with van der Waals surface area (Å²) in [5.74, 6) is -0.578. The largest absolute Gasteiger partial charge is 0.472 e. The van der Waals surface area contributed by atoms with Crippen LogP contribution in [0.3, 0.4) is 0 Å². The van der Waals surface area contributed by atoms with Gasteiger partial charge in [0.1, 0.15) is 19.3 Å². The highest BCUT2D eigenvalue weighted by Crippen LogP contribution is 2.45. The van der Waals surface area contributed by atoms with Crippen molar-refractivity contribution in [1.82, 2.24) is 0 Å². The molecule has 17 nitrogen and oxygen atoms in total. The van der Waals surface area contributed by atoms with E-state index in [4.69, 9.17) is 37.0 Å². The number of carbonyl (C=O) groups excluding carboxylic acids is 4. The average Bonchev–Trinajstić information content (AvgIpc) is 0.901. The van der Waals surface area contributed by atoms with Gasteiger partial charge in [-0.25, -0.2) is 9.13 Å². The van der Waals surface area contributed by atoms with Crippen LogP contribution >= 0.6 is 15.6 Å². The lowest BCUT2D eigenvalue weighted by atomic mass is 10.0. The minimum absolute atomic E-state index is 0.107. The first-order chi connectivity index (χ1) is 52.9. The van der Waals surface area contributed by atoms with Gasteiger partial charge in [0.15, 0.2) is 12.2 Å². The number of ether oxygens (including phenoxy) is 4. The molecule has 0 aliphatic carbocycles. The molecule has 5 atom stereocenters. The Labute approximate surface area is 670 Å². The summed E-state index contributed by atoms with van der Waals surface area (Å²) in [5, 5.41) is 10.7. The zero-order valence-electron chi connectivity index (χ0n) is 71.9.